The highest BCUT2D eigenvalue weighted by Crippen LogP contribution is 2.22. The Balaban J connectivity index is 1.86. The molecule has 0 bridgehead atoms. The third-order valence-electron chi connectivity index (χ3n) is 3.64. The first-order chi connectivity index (χ1) is 9.69. The Morgan fingerprint density at radius 3 is 2.75 bits per heavy atom. The standard InChI is InChI=1S/C15H22N2O2S/c16-10-12-5-4-6-13(9-12)17-15(18)11-20(19)14-7-2-1-3-8-14/h4-6,9,14H,1-3,7-8,10-11,16H2,(H,17,18). The fourth-order valence-corrected chi connectivity index (χ4v) is 3.97. The Kier molecular flexibility index (Phi) is 5.73. The lowest BCUT2D eigenvalue weighted by Crippen LogP contribution is -2.27. The van der Waals surface area contributed by atoms with E-state index in [-0.39, 0.29) is 16.9 Å². The summed E-state index contributed by atoms with van der Waals surface area (Å²) in [5, 5.41) is 3.00. The molecule has 1 aromatic rings. The molecule has 1 fully saturated rings. The lowest BCUT2D eigenvalue weighted by molar-refractivity contribution is -0.113. The molecule has 0 heterocycles. The van der Waals surface area contributed by atoms with Crippen LogP contribution < -0.4 is 11.1 Å². The number of amides is 1. The molecule has 4 nitrogen and oxygen atoms in total. The first-order valence-corrected chi connectivity index (χ1v) is 8.53. The fraction of sp³-hybridized carbons (Fsp3) is 0.533. The molecule has 0 aliphatic heterocycles. The van der Waals surface area contributed by atoms with Gasteiger partial charge in [-0.2, -0.15) is 0 Å². The Morgan fingerprint density at radius 2 is 2.05 bits per heavy atom. The van der Waals surface area contributed by atoms with E-state index in [1.165, 1.54) is 6.42 Å². The summed E-state index contributed by atoms with van der Waals surface area (Å²) < 4.78 is 12.2. The summed E-state index contributed by atoms with van der Waals surface area (Å²) in [5.41, 5.74) is 7.26. The van der Waals surface area contributed by atoms with E-state index in [0.717, 1.165) is 36.9 Å². The average molecular weight is 294 g/mol. The topological polar surface area (TPSA) is 72.2 Å². The van der Waals surface area contributed by atoms with Crippen molar-refractivity contribution in [3.63, 3.8) is 0 Å². The summed E-state index contributed by atoms with van der Waals surface area (Å²) in [6.45, 7) is 0.442. The summed E-state index contributed by atoms with van der Waals surface area (Å²) >= 11 is 0. The second kappa shape index (κ2) is 7.55. The van der Waals surface area contributed by atoms with Crippen LogP contribution in [-0.4, -0.2) is 21.1 Å². The van der Waals surface area contributed by atoms with Gasteiger partial charge in [0.05, 0.1) is 0 Å². The molecule has 3 N–H and O–H groups in total. The molecule has 5 heteroatoms. The second-order valence-electron chi connectivity index (χ2n) is 5.24. The highest BCUT2D eigenvalue weighted by Gasteiger charge is 2.21. The molecule has 2 rings (SSSR count). The smallest absolute Gasteiger partial charge is 0.237 e. The van der Waals surface area contributed by atoms with Crippen LogP contribution in [0.1, 0.15) is 37.7 Å². The Bertz CT molecular complexity index is 485. The van der Waals surface area contributed by atoms with Crippen LogP contribution in [-0.2, 0) is 22.1 Å². The van der Waals surface area contributed by atoms with Gasteiger partial charge in [0.1, 0.15) is 5.75 Å². The van der Waals surface area contributed by atoms with Crippen molar-refractivity contribution in [2.75, 3.05) is 11.1 Å². The highest BCUT2D eigenvalue weighted by atomic mass is 32.2. The van der Waals surface area contributed by atoms with Gasteiger partial charge in [-0.3, -0.25) is 9.00 Å². The van der Waals surface area contributed by atoms with Crippen LogP contribution >= 0.6 is 0 Å². The van der Waals surface area contributed by atoms with Crippen molar-refractivity contribution >= 4 is 22.4 Å². The van der Waals surface area contributed by atoms with Gasteiger partial charge in [-0.15, -0.1) is 0 Å². The third kappa shape index (κ3) is 4.42. The van der Waals surface area contributed by atoms with E-state index in [1.54, 1.807) is 0 Å². The molecule has 0 saturated heterocycles. The highest BCUT2D eigenvalue weighted by molar-refractivity contribution is 7.86. The normalized spacial score (nSPS) is 17.6. The van der Waals surface area contributed by atoms with Gasteiger partial charge in [0.15, 0.2) is 0 Å². The van der Waals surface area contributed by atoms with Gasteiger partial charge in [0, 0.05) is 28.3 Å². The van der Waals surface area contributed by atoms with E-state index >= 15 is 0 Å². The fourth-order valence-electron chi connectivity index (χ4n) is 2.55. The Hall–Kier alpha value is -1.20. The lowest BCUT2D eigenvalue weighted by Gasteiger charge is -2.20. The van der Waals surface area contributed by atoms with E-state index in [9.17, 15) is 9.00 Å². The minimum Gasteiger partial charge on any atom is -0.326 e. The summed E-state index contributed by atoms with van der Waals surface area (Å²) in [7, 11) is -1.05. The zero-order valence-corrected chi connectivity index (χ0v) is 12.5. The molecule has 110 valence electrons. The van der Waals surface area contributed by atoms with Gasteiger partial charge in [-0.05, 0) is 30.5 Å². The number of carbonyl (C=O) groups is 1. The molecule has 20 heavy (non-hydrogen) atoms. The zero-order chi connectivity index (χ0) is 14.4. The SMILES string of the molecule is NCc1cccc(NC(=O)CS(=O)C2CCCCC2)c1. The molecule has 0 aromatic heterocycles. The van der Waals surface area contributed by atoms with Crippen molar-refractivity contribution < 1.29 is 9.00 Å². The monoisotopic (exact) mass is 294 g/mol. The predicted octanol–water partition coefficient (Wildman–Crippen LogP) is 2.17. The number of hydrogen-bond acceptors (Lipinski definition) is 3. The Morgan fingerprint density at radius 1 is 1.30 bits per heavy atom. The number of carbonyl (C=O) groups excluding carboxylic acids is 1. The summed E-state index contributed by atoms with van der Waals surface area (Å²) in [5.74, 6) is -0.0829. The summed E-state index contributed by atoms with van der Waals surface area (Å²) in [4.78, 5) is 11.9. The zero-order valence-electron chi connectivity index (χ0n) is 11.6. The van der Waals surface area contributed by atoms with Crippen LogP contribution in [0.3, 0.4) is 0 Å². The maximum atomic E-state index is 12.2. The van der Waals surface area contributed by atoms with Gasteiger partial charge in [0.25, 0.3) is 0 Å². The van der Waals surface area contributed by atoms with Gasteiger partial charge < -0.3 is 11.1 Å². The third-order valence-corrected chi connectivity index (χ3v) is 5.41. The van der Waals surface area contributed by atoms with Crippen LogP contribution in [0.4, 0.5) is 5.69 Å². The number of nitrogens with two attached hydrogens (primary N) is 1. The van der Waals surface area contributed by atoms with Gasteiger partial charge >= 0.3 is 0 Å². The minimum atomic E-state index is -1.05. The number of hydrogen-bond donors (Lipinski definition) is 2. The quantitative estimate of drug-likeness (QED) is 0.874. The molecule has 1 aliphatic carbocycles. The molecule has 1 aliphatic rings. The molecule has 0 spiro atoms. The van der Waals surface area contributed by atoms with Crippen LogP contribution in [0.5, 0.6) is 0 Å². The van der Waals surface area contributed by atoms with Crippen LogP contribution in [0, 0.1) is 0 Å². The van der Waals surface area contributed by atoms with Crippen LogP contribution in [0.25, 0.3) is 0 Å². The molecular weight excluding hydrogens is 272 g/mol. The van der Waals surface area contributed by atoms with Crippen molar-refractivity contribution in [3.05, 3.63) is 29.8 Å². The van der Waals surface area contributed by atoms with Gasteiger partial charge in [-0.25, -0.2) is 0 Å². The van der Waals surface area contributed by atoms with Gasteiger partial charge in [-0.1, -0.05) is 31.4 Å². The molecular formula is C15H22N2O2S. The van der Waals surface area contributed by atoms with Gasteiger partial charge in [0.2, 0.25) is 5.91 Å². The van der Waals surface area contributed by atoms with E-state index in [2.05, 4.69) is 5.32 Å². The first-order valence-electron chi connectivity index (χ1n) is 7.15. The lowest BCUT2D eigenvalue weighted by atomic mass is 10.0. The van der Waals surface area contributed by atoms with E-state index in [0.29, 0.717) is 6.54 Å². The molecule has 0 radical (unpaired) electrons. The molecule has 1 atom stereocenters. The molecule has 1 saturated carbocycles. The number of rotatable bonds is 5. The van der Waals surface area contributed by atoms with E-state index in [4.69, 9.17) is 5.73 Å². The number of anilines is 1. The molecule has 1 unspecified atom stereocenters. The Labute approximate surface area is 122 Å². The maximum absolute atomic E-state index is 12.2. The van der Waals surface area contributed by atoms with Crippen molar-refractivity contribution in [3.8, 4) is 0 Å². The van der Waals surface area contributed by atoms with Crippen LogP contribution in [0.2, 0.25) is 0 Å². The second-order valence-corrected chi connectivity index (χ2v) is 6.95. The first kappa shape index (κ1) is 15.2. The molecule has 1 aromatic carbocycles. The summed E-state index contributed by atoms with van der Waals surface area (Å²) in [6.07, 6.45) is 5.48. The number of benzene rings is 1. The largest absolute Gasteiger partial charge is 0.326 e. The minimum absolute atomic E-state index is 0.0948. The average Bonchev–Trinajstić information content (AvgIpc) is 2.48. The van der Waals surface area contributed by atoms with Crippen molar-refractivity contribution in [2.45, 2.75) is 43.9 Å². The van der Waals surface area contributed by atoms with Crippen molar-refractivity contribution in [2.24, 2.45) is 5.73 Å². The predicted molar refractivity (Wildman–Crippen MR) is 82.8 cm³/mol. The van der Waals surface area contributed by atoms with E-state index < -0.39 is 10.8 Å². The van der Waals surface area contributed by atoms with Crippen molar-refractivity contribution in [1.82, 2.24) is 0 Å². The number of nitrogens with one attached hydrogen (secondary N) is 1. The van der Waals surface area contributed by atoms with E-state index in [1.807, 2.05) is 24.3 Å². The molecule has 1 amide bonds. The summed E-state index contributed by atoms with van der Waals surface area (Å²) in [6, 6.07) is 7.44. The van der Waals surface area contributed by atoms with Crippen LogP contribution in [0.15, 0.2) is 24.3 Å². The maximum Gasteiger partial charge on any atom is 0.237 e. The van der Waals surface area contributed by atoms with Crippen molar-refractivity contribution in [1.29, 1.82) is 0 Å².